The second-order valence-electron chi connectivity index (χ2n) is 5.24. The molecule has 0 fully saturated rings. The Labute approximate surface area is 96.9 Å². The maximum atomic E-state index is 10.1. The van der Waals surface area contributed by atoms with E-state index in [0.717, 1.165) is 25.7 Å². The molecule has 16 heavy (non-hydrogen) atoms. The van der Waals surface area contributed by atoms with Crippen molar-refractivity contribution in [3.8, 4) is 0 Å². The molecule has 0 aliphatic heterocycles. The quantitative estimate of drug-likeness (QED) is 0.379. The van der Waals surface area contributed by atoms with Gasteiger partial charge in [-0.25, -0.2) is 9.59 Å². The summed E-state index contributed by atoms with van der Waals surface area (Å²) in [6.07, 6.45) is 6.76. The summed E-state index contributed by atoms with van der Waals surface area (Å²) in [5.74, 6) is 0. The monoisotopic (exact) mass is 224 g/mol. The van der Waals surface area contributed by atoms with Crippen molar-refractivity contribution < 1.29 is 9.59 Å². The summed E-state index contributed by atoms with van der Waals surface area (Å²) < 4.78 is 0. The average molecular weight is 224 g/mol. The van der Waals surface area contributed by atoms with Crippen LogP contribution in [-0.4, -0.2) is 23.2 Å². The third kappa shape index (κ3) is 7.10. The van der Waals surface area contributed by atoms with Crippen LogP contribution in [0.15, 0.2) is 9.98 Å². The highest BCUT2D eigenvalue weighted by molar-refractivity contribution is 5.34. The van der Waals surface area contributed by atoms with Crippen LogP contribution in [-0.2, 0) is 9.59 Å². The van der Waals surface area contributed by atoms with Gasteiger partial charge < -0.3 is 0 Å². The molecule has 0 saturated heterocycles. The molecule has 0 aliphatic carbocycles. The first-order chi connectivity index (χ1) is 7.33. The Morgan fingerprint density at radius 1 is 0.812 bits per heavy atom. The maximum absolute atomic E-state index is 10.1. The number of hydrogen-bond donors (Lipinski definition) is 0. The van der Waals surface area contributed by atoms with Gasteiger partial charge in [0.05, 0.1) is 11.1 Å². The second-order valence-corrected chi connectivity index (χ2v) is 5.24. The maximum Gasteiger partial charge on any atom is 0.235 e. The summed E-state index contributed by atoms with van der Waals surface area (Å²) in [5.41, 5.74) is -0.667. The van der Waals surface area contributed by atoms with Crippen LogP contribution in [0.1, 0.15) is 53.4 Å². The van der Waals surface area contributed by atoms with Crippen LogP contribution in [0.25, 0.3) is 0 Å². The fourth-order valence-electron chi connectivity index (χ4n) is 1.47. The van der Waals surface area contributed by atoms with Gasteiger partial charge in [-0.2, -0.15) is 9.98 Å². The number of aliphatic imine (C=N–C) groups is 2. The molecule has 0 aliphatic rings. The Balaban J connectivity index is 3.93. The van der Waals surface area contributed by atoms with E-state index >= 15 is 0 Å². The predicted molar refractivity (Wildman–Crippen MR) is 62.9 cm³/mol. The van der Waals surface area contributed by atoms with Gasteiger partial charge in [-0.3, -0.25) is 0 Å². The summed E-state index contributed by atoms with van der Waals surface area (Å²) >= 11 is 0. The van der Waals surface area contributed by atoms with Gasteiger partial charge in [-0.15, -0.1) is 0 Å². The van der Waals surface area contributed by atoms with E-state index in [4.69, 9.17) is 0 Å². The van der Waals surface area contributed by atoms with Crippen LogP contribution < -0.4 is 0 Å². The molecule has 4 nitrogen and oxygen atoms in total. The molecule has 0 N–H and O–H groups in total. The van der Waals surface area contributed by atoms with Crippen molar-refractivity contribution in [1.29, 1.82) is 0 Å². The highest BCUT2D eigenvalue weighted by Crippen LogP contribution is 2.22. The Morgan fingerprint density at radius 2 is 1.12 bits per heavy atom. The molecule has 0 rings (SSSR count). The topological polar surface area (TPSA) is 58.9 Å². The van der Waals surface area contributed by atoms with Crippen LogP contribution in [0.2, 0.25) is 0 Å². The SMILES string of the molecule is CC(C)(CCCCC(C)(C)N=C=O)N=C=O. The highest BCUT2D eigenvalue weighted by Gasteiger charge is 2.18. The third-order valence-corrected chi connectivity index (χ3v) is 2.52. The van der Waals surface area contributed by atoms with Gasteiger partial charge in [-0.05, 0) is 40.5 Å². The summed E-state index contributed by atoms with van der Waals surface area (Å²) in [6, 6.07) is 0. The number of rotatable bonds is 7. The van der Waals surface area contributed by atoms with Crippen LogP contribution in [0.3, 0.4) is 0 Å². The molecule has 0 heterocycles. The van der Waals surface area contributed by atoms with E-state index < -0.39 is 0 Å². The van der Waals surface area contributed by atoms with E-state index in [1.54, 1.807) is 12.2 Å². The van der Waals surface area contributed by atoms with Crippen molar-refractivity contribution in [3.05, 3.63) is 0 Å². The fraction of sp³-hybridized carbons (Fsp3) is 0.833. The number of nitrogens with zero attached hydrogens (tertiary/aromatic N) is 2. The van der Waals surface area contributed by atoms with E-state index in [0.29, 0.717) is 0 Å². The van der Waals surface area contributed by atoms with Crippen molar-refractivity contribution in [1.82, 2.24) is 0 Å². The third-order valence-electron chi connectivity index (χ3n) is 2.52. The lowest BCUT2D eigenvalue weighted by Gasteiger charge is -2.20. The number of isocyanates is 2. The Bertz CT molecular complexity index is 277. The zero-order valence-corrected chi connectivity index (χ0v) is 10.5. The minimum absolute atomic E-state index is 0.334. The summed E-state index contributed by atoms with van der Waals surface area (Å²) in [6.45, 7) is 7.64. The van der Waals surface area contributed by atoms with Gasteiger partial charge in [0.15, 0.2) is 0 Å². The molecule has 0 saturated carbocycles. The first kappa shape index (κ1) is 14.8. The minimum atomic E-state index is -0.334. The standard InChI is InChI=1S/C12H20N2O2/c1-11(2,13-9-15)7-5-6-8-12(3,4)14-10-16/h5-8H2,1-4H3. The smallest absolute Gasteiger partial charge is 0.211 e. The number of hydrogen-bond acceptors (Lipinski definition) is 4. The molecule has 0 aromatic heterocycles. The fourth-order valence-corrected chi connectivity index (χ4v) is 1.47. The van der Waals surface area contributed by atoms with E-state index in [1.165, 1.54) is 0 Å². The molecule has 4 heteroatoms. The number of unbranched alkanes of at least 4 members (excludes halogenated alkanes) is 1. The van der Waals surface area contributed by atoms with E-state index in [1.807, 2.05) is 27.7 Å². The molecule has 0 amide bonds. The Hall–Kier alpha value is -1.24. The summed E-state index contributed by atoms with van der Waals surface area (Å²) in [5, 5.41) is 0. The summed E-state index contributed by atoms with van der Waals surface area (Å²) in [4.78, 5) is 27.8. The largest absolute Gasteiger partial charge is 0.235 e. The molecule has 0 aromatic rings. The molecule has 0 aromatic carbocycles. The van der Waals surface area contributed by atoms with Gasteiger partial charge in [0.2, 0.25) is 12.2 Å². The van der Waals surface area contributed by atoms with Gasteiger partial charge in [0.25, 0.3) is 0 Å². The van der Waals surface area contributed by atoms with Crippen molar-refractivity contribution in [2.45, 2.75) is 64.5 Å². The minimum Gasteiger partial charge on any atom is -0.211 e. The molecule has 0 bridgehead atoms. The van der Waals surface area contributed by atoms with E-state index in [9.17, 15) is 9.59 Å². The van der Waals surface area contributed by atoms with Gasteiger partial charge >= 0.3 is 0 Å². The van der Waals surface area contributed by atoms with Crippen LogP contribution >= 0.6 is 0 Å². The second kappa shape index (κ2) is 6.37. The molecule has 0 unspecified atom stereocenters. The van der Waals surface area contributed by atoms with Crippen molar-refractivity contribution in [2.75, 3.05) is 0 Å². The zero-order chi connectivity index (χ0) is 12.7. The Kier molecular flexibility index (Phi) is 5.87. The van der Waals surface area contributed by atoms with Gasteiger partial charge in [0.1, 0.15) is 0 Å². The van der Waals surface area contributed by atoms with Crippen LogP contribution in [0.5, 0.6) is 0 Å². The predicted octanol–water partition coefficient (Wildman–Crippen LogP) is 2.78. The highest BCUT2D eigenvalue weighted by atomic mass is 16.1. The Morgan fingerprint density at radius 3 is 1.38 bits per heavy atom. The lowest BCUT2D eigenvalue weighted by molar-refractivity contribution is 0.403. The van der Waals surface area contributed by atoms with Crippen molar-refractivity contribution in [2.24, 2.45) is 9.98 Å². The molecule has 0 radical (unpaired) electrons. The normalized spacial score (nSPS) is 11.5. The molecule has 0 spiro atoms. The van der Waals surface area contributed by atoms with Crippen LogP contribution in [0.4, 0.5) is 0 Å². The first-order valence-electron chi connectivity index (χ1n) is 5.51. The lowest BCUT2D eigenvalue weighted by atomic mass is 9.93. The average Bonchev–Trinajstić information content (AvgIpc) is 2.12. The van der Waals surface area contributed by atoms with E-state index in [2.05, 4.69) is 9.98 Å². The van der Waals surface area contributed by atoms with Gasteiger partial charge in [-0.1, -0.05) is 12.8 Å². The van der Waals surface area contributed by atoms with Gasteiger partial charge in [0, 0.05) is 0 Å². The van der Waals surface area contributed by atoms with E-state index in [-0.39, 0.29) is 11.1 Å². The molecular weight excluding hydrogens is 204 g/mol. The number of carbonyl (C=O) groups excluding carboxylic acids is 2. The molecular formula is C12H20N2O2. The lowest BCUT2D eigenvalue weighted by Crippen LogP contribution is -2.18. The van der Waals surface area contributed by atoms with Crippen molar-refractivity contribution >= 4 is 12.2 Å². The summed E-state index contributed by atoms with van der Waals surface area (Å²) in [7, 11) is 0. The molecule has 0 atom stereocenters. The van der Waals surface area contributed by atoms with Crippen LogP contribution in [0, 0.1) is 0 Å². The van der Waals surface area contributed by atoms with Crippen molar-refractivity contribution in [3.63, 3.8) is 0 Å². The first-order valence-corrected chi connectivity index (χ1v) is 5.51. The molecule has 90 valence electrons. The zero-order valence-electron chi connectivity index (χ0n) is 10.5.